The summed E-state index contributed by atoms with van der Waals surface area (Å²) < 4.78 is 35.5. The quantitative estimate of drug-likeness (QED) is 0.734. The summed E-state index contributed by atoms with van der Waals surface area (Å²) in [5.74, 6) is 0. The fraction of sp³-hybridized carbons (Fsp3) is 0.111. The van der Waals surface area contributed by atoms with Gasteiger partial charge in [0.25, 0.3) is 0 Å². The lowest BCUT2D eigenvalue weighted by Gasteiger charge is -1.99. The van der Waals surface area contributed by atoms with Gasteiger partial charge in [0.15, 0.2) is 0 Å². The summed E-state index contributed by atoms with van der Waals surface area (Å²) in [6.45, 7) is 1.34. The first kappa shape index (κ1) is 9.92. The number of sulfone groups is 1. The van der Waals surface area contributed by atoms with Gasteiger partial charge in [-0.3, -0.25) is 0 Å². The molecule has 4 heteroatoms. The number of hydrogen-bond donors (Lipinski definition) is 0. The molecule has 0 unspecified atom stereocenters. The van der Waals surface area contributed by atoms with E-state index in [4.69, 9.17) is 0 Å². The fourth-order valence-electron chi connectivity index (χ4n) is 0.867. The van der Waals surface area contributed by atoms with E-state index < -0.39 is 15.0 Å². The molecule has 0 bridgehead atoms. The smallest absolute Gasteiger partial charge is 0.216 e. The van der Waals surface area contributed by atoms with Gasteiger partial charge in [0.2, 0.25) is 15.0 Å². The minimum atomic E-state index is -3.89. The van der Waals surface area contributed by atoms with Crippen molar-refractivity contribution in [3.63, 3.8) is 0 Å². The molecule has 0 saturated carbocycles. The molecule has 1 rings (SSSR count). The van der Waals surface area contributed by atoms with Crippen LogP contribution in [0.1, 0.15) is 6.92 Å². The van der Waals surface area contributed by atoms with E-state index in [1.54, 1.807) is 18.2 Å². The summed E-state index contributed by atoms with van der Waals surface area (Å²) in [7, 11) is -3.89. The number of benzene rings is 1. The van der Waals surface area contributed by atoms with E-state index >= 15 is 0 Å². The maximum absolute atomic E-state index is 12.9. The van der Waals surface area contributed by atoms with Crippen molar-refractivity contribution in [3.05, 3.63) is 41.6 Å². The molecule has 0 radical (unpaired) electrons. The van der Waals surface area contributed by atoms with Crippen molar-refractivity contribution in [2.45, 2.75) is 11.8 Å². The van der Waals surface area contributed by atoms with Gasteiger partial charge in [-0.1, -0.05) is 18.2 Å². The third-order valence-corrected chi connectivity index (χ3v) is 3.18. The maximum atomic E-state index is 12.9. The van der Waals surface area contributed by atoms with Crippen LogP contribution in [0.5, 0.6) is 0 Å². The van der Waals surface area contributed by atoms with E-state index in [-0.39, 0.29) is 4.90 Å². The molecule has 0 saturated heterocycles. The summed E-state index contributed by atoms with van der Waals surface area (Å²) in [5, 5.41) is -1.11. The predicted octanol–water partition coefficient (Wildman–Crippen LogP) is 2.29. The van der Waals surface area contributed by atoms with E-state index in [9.17, 15) is 12.8 Å². The van der Waals surface area contributed by atoms with Crippen molar-refractivity contribution in [2.75, 3.05) is 0 Å². The molecule has 0 heterocycles. The monoisotopic (exact) mass is 200 g/mol. The largest absolute Gasteiger partial charge is 0.232 e. The molecular formula is C9H9FO2S. The van der Waals surface area contributed by atoms with Crippen LogP contribution in [0.4, 0.5) is 4.39 Å². The normalized spacial score (nSPS) is 12.9. The van der Waals surface area contributed by atoms with Gasteiger partial charge in [0.1, 0.15) is 0 Å². The van der Waals surface area contributed by atoms with E-state index in [0.29, 0.717) is 0 Å². The number of halogens is 1. The Bertz CT molecular complexity index is 407. The van der Waals surface area contributed by atoms with Crippen LogP contribution in [-0.2, 0) is 9.84 Å². The van der Waals surface area contributed by atoms with E-state index in [1.165, 1.54) is 19.1 Å². The Morgan fingerprint density at radius 2 is 1.85 bits per heavy atom. The van der Waals surface area contributed by atoms with Crippen LogP contribution in [0.15, 0.2) is 46.5 Å². The number of rotatable bonds is 2. The highest BCUT2D eigenvalue weighted by atomic mass is 32.2. The highest BCUT2D eigenvalue weighted by molar-refractivity contribution is 7.95. The molecule has 13 heavy (non-hydrogen) atoms. The minimum absolute atomic E-state index is 0.0226. The highest BCUT2D eigenvalue weighted by Crippen LogP contribution is 2.18. The SMILES string of the molecule is C/C=C(\F)S(=O)(=O)c1ccccc1. The molecule has 1 aromatic rings. The lowest BCUT2D eigenvalue weighted by molar-refractivity contribution is 0.577. The lowest BCUT2D eigenvalue weighted by Crippen LogP contribution is -2.00. The third kappa shape index (κ3) is 1.95. The predicted molar refractivity (Wildman–Crippen MR) is 48.5 cm³/mol. The van der Waals surface area contributed by atoms with Crippen molar-refractivity contribution < 1.29 is 12.8 Å². The summed E-state index contributed by atoms with van der Waals surface area (Å²) >= 11 is 0. The molecule has 0 atom stereocenters. The highest BCUT2D eigenvalue weighted by Gasteiger charge is 2.18. The first-order valence-corrected chi connectivity index (χ1v) is 5.19. The molecule has 0 aliphatic carbocycles. The van der Waals surface area contributed by atoms with Crippen molar-refractivity contribution in [2.24, 2.45) is 0 Å². The lowest BCUT2D eigenvalue weighted by atomic mass is 10.4. The van der Waals surface area contributed by atoms with Gasteiger partial charge in [0, 0.05) is 0 Å². The molecule has 2 nitrogen and oxygen atoms in total. The first-order valence-electron chi connectivity index (χ1n) is 3.71. The zero-order valence-corrected chi connectivity index (χ0v) is 7.88. The van der Waals surface area contributed by atoms with Crippen molar-refractivity contribution in [3.8, 4) is 0 Å². The van der Waals surface area contributed by atoms with Gasteiger partial charge in [-0.05, 0) is 25.1 Å². The van der Waals surface area contributed by atoms with E-state index in [0.717, 1.165) is 6.08 Å². The molecule has 1 aromatic carbocycles. The summed E-state index contributed by atoms with van der Waals surface area (Å²) in [6.07, 6.45) is 0.933. The van der Waals surface area contributed by atoms with E-state index in [1.807, 2.05) is 0 Å². The van der Waals surface area contributed by atoms with E-state index in [2.05, 4.69) is 0 Å². The average Bonchev–Trinajstić information content (AvgIpc) is 2.18. The Balaban J connectivity index is 3.25. The van der Waals surface area contributed by atoms with Gasteiger partial charge < -0.3 is 0 Å². The Labute approximate surface area is 76.6 Å². The van der Waals surface area contributed by atoms with Crippen molar-refractivity contribution in [1.29, 1.82) is 0 Å². The minimum Gasteiger partial charge on any atom is -0.216 e. The molecular weight excluding hydrogens is 191 g/mol. The van der Waals surface area contributed by atoms with Crippen LogP contribution in [-0.4, -0.2) is 8.42 Å². The zero-order chi connectivity index (χ0) is 9.90. The summed E-state index contributed by atoms with van der Waals surface area (Å²) in [4.78, 5) is -0.0226. The van der Waals surface area contributed by atoms with Crippen LogP contribution >= 0.6 is 0 Å². The van der Waals surface area contributed by atoms with Gasteiger partial charge in [-0.2, -0.15) is 4.39 Å². The second kappa shape index (κ2) is 3.70. The molecule has 70 valence electrons. The average molecular weight is 200 g/mol. The second-order valence-corrected chi connectivity index (χ2v) is 4.28. The van der Waals surface area contributed by atoms with Crippen LogP contribution in [0.2, 0.25) is 0 Å². The molecule has 0 N–H and O–H groups in total. The zero-order valence-electron chi connectivity index (χ0n) is 7.07. The molecule has 0 fully saturated rings. The summed E-state index contributed by atoms with van der Waals surface area (Å²) in [6, 6.07) is 7.50. The van der Waals surface area contributed by atoms with Crippen molar-refractivity contribution in [1.82, 2.24) is 0 Å². The Morgan fingerprint density at radius 1 is 1.31 bits per heavy atom. The maximum Gasteiger partial charge on any atom is 0.232 e. The Hall–Kier alpha value is -1.16. The summed E-state index contributed by atoms with van der Waals surface area (Å²) in [5.41, 5.74) is 0. The number of hydrogen-bond acceptors (Lipinski definition) is 2. The molecule has 0 aromatic heterocycles. The molecule has 0 spiro atoms. The molecule has 0 amide bonds. The fourth-order valence-corrected chi connectivity index (χ4v) is 1.92. The van der Waals surface area contributed by atoms with Gasteiger partial charge >= 0.3 is 0 Å². The molecule has 0 aliphatic rings. The Kier molecular flexibility index (Phi) is 2.83. The third-order valence-electron chi connectivity index (χ3n) is 1.54. The van der Waals surface area contributed by atoms with Crippen LogP contribution in [0.25, 0.3) is 0 Å². The topological polar surface area (TPSA) is 34.1 Å². The standard InChI is InChI=1S/C9H9FO2S/c1-2-9(10)13(11,12)8-6-4-3-5-7-8/h2-7H,1H3/b9-2+. The second-order valence-electron chi connectivity index (χ2n) is 2.41. The van der Waals surface area contributed by atoms with Crippen LogP contribution < -0.4 is 0 Å². The van der Waals surface area contributed by atoms with Gasteiger partial charge in [-0.25, -0.2) is 8.42 Å². The van der Waals surface area contributed by atoms with Gasteiger partial charge in [-0.15, -0.1) is 0 Å². The van der Waals surface area contributed by atoms with Gasteiger partial charge in [0.05, 0.1) is 4.90 Å². The van der Waals surface area contributed by atoms with Crippen LogP contribution in [0.3, 0.4) is 0 Å². The first-order chi connectivity index (χ1) is 6.09. The van der Waals surface area contributed by atoms with Crippen LogP contribution in [0, 0.1) is 0 Å². The van der Waals surface area contributed by atoms with Crippen molar-refractivity contribution >= 4 is 9.84 Å². The number of allylic oxidation sites excluding steroid dienone is 1. The Morgan fingerprint density at radius 3 is 2.31 bits per heavy atom. The molecule has 0 aliphatic heterocycles.